The van der Waals surface area contributed by atoms with Gasteiger partial charge in [0.25, 0.3) is 0 Å². The Bertz CT molecular complexity index is 1200. The quantitative estimate of drug-likeness (QED) is 0.570. The van der Waals surface area contributed by atoms with Crippen molar-refractivity contribution in [2.24, 2.45) is 0 Å². The first-order chi connectivity index (χ1) is 13.1. The minimum atomic E-state index is -0.414. The number of imidazole rings is 1. The summed E-state index contributed by atoms with van der Waals surface area (Å²) in [7, 11) is 0. The number of rotatable bonds is 2. The zero-order chi connectivity index (χ0) is 18.5. The molecule has 1 aliphatic heterocycles. The van der Waals surface area contributed by atoms with Crippen LogP contribution < -0.4 is 5.32 Å². The van der Waals surface area contributed by atoms with E-state index in [4.69, 9.17) is 0 Å². The van der Waals surface area contributed by atoms with Gasteiger partial charge in [-0.05, 0) is 18.6 Å². The molecule has 134 valence electrons. The van der Waals surface area contributed by atoms with Gasteiger partial charge < -0.3 is 10.3 Å². The average Bonchev–Trinajstić information content (AvgIpc) is 3.26. The third-order valence-electron chi connectivity index (χ3n) is 4.79. The first-order valence-corrected chi connectivity index (χ1v) is 8.41. The van der Waals surface area contributed by atoms with E-state index in [1.54, 1.807) is 22.9 Å². The molecule has 8 nitrogen and oxygen atoms in total. The number of carbonyl (C=O) groups excluding carboxylic acids is 1. The molecule has 0 saturated heterocycles. The molecule has 0 radical (unpaired) electrons. The summed E-state index contributed by atoms with van der Waals surface area (Å²) >= 11 is 0. The number of anilines is 1. The van der Waals surface area contributed by atoms with Gasteiger partial charge in [-0.2, -0.15) is 9.78 Å². The van der Waals surface area contributed by atoms with Gasteiger partial charge in [-0.15, -0.1) is 0 Å². The molecule has 0 bridgehead atoms. The molecule has 0 unspecified atom stereocenters. The number of aromatic nitrogens is 6. The molecule has 1 aliphatic rings. The number of nitrogens with one attached hydrogen (secondary N) is 2. The molecule has 0 aliphatic carbocycles. The van der Waals surface area contributed by atoms with Gasteiger partial charge >= 0.3 is 0 Å². The molecule has 2 N–H and O–H groups in total. The van der Waals surface area contributed by atoms with Gasteiger partial charge in [-0.25, -0.2) is 19.3 Å². The minimum Gasteiger partial charge on any atom is -0.340 e. The van der Waals surface area contributed by atoms with Crippen LogP contribution in [0.25, 0.3) is 17.0 Å². The number of hydrogen-bond acceptors (Lipinski definition) is 5. The van der Waals surface area contributed by atoms with Crippen molar-refractivity contribution >= 4 is 22.9 Å². The lowest BCUT2D eigenvalue weighted by atomic mass is 9.85. The highest BCUT2D eigenvalue weighted by Crippen LogP contribution is 2.41. The van der Waals surface area contributed by atoms with Crippen LogP contribution in [0.2, 0.25) is 0 Å². The Kier molecular flexibility index (Phi) is 3.30. The summed E-state index contributed by atoms with van der Waals surface area (Å²) in [4.78, 5) is 27.9. The summed E-state index contributed by atoms with van der Waals surface area (Å²) in [5.74, 6) is 0.00541. The van der Waals surface area contributed by atoms with Crippen molar-refractivity contribution in [2.75, 3.05) is 5.32 Å². The standard InChI is InChI=1S/C18H14FN7O/c1-9-14-11(10-4-2-3-5-12(10)19)6-13(27)24-17(14)26(25-9)18-15-16(21-7-20-15)22-8-23-18/h2-5,7-8,11H,6H2,1H3,(H,24,27)(H,20,21,22,23)/t11-/m0/s1. The molecule has 1 aromatic carbocycles. The molecule has 0 saturated carbocycles. The average molecular weight is 363 g/mol. The Morgan fingerprint density at radius 1 is 1.22 bits per heavy atom. The molecule has 9 heteroatoms. The number of nitrogens with zero attached hydrogens (tertiary/aromatic N) is 5. The van der Waals surface area contributed by atoms with E-state index in [0.717, 1.165) is 5.56 Å². The van der Waals surface area contributed by atoms with Crippen molar-refractivity contribution in [1.82, 2.24) is 29.7 Å². The van der Waals surface area contributed by atoms with Crippen LogP contribution >= 0.6 is 0 Å². The van der Waals surface area contributed by atoms with Gasteiger partial charge in [0, 0.05) is 17.9 Å². The second kappa shape index (κ2) is 5.70. The van der Waals surface area contributed by atoms with Gasteiger partial charge in [0.1, 0.15) is 23.5 Å². The summed E-state index contributed by atoms with van der Waals surface area (Å²) in [6, 6.07) is 6.51. The van der Waals surface area contributed by atoms with E-state index >= 15 is 0 Å². The van der Waals surface area contributed by atoms with E-state index in [-0.39, 0.29) is 18.1 Å². The monoisotopic (exact) mass is 363 g/mol. The number of aromatic amines is 1. The molecular weight excluding hydrogens is 349 g/mol. The second-order valence-electron chi connectivity index (χ2n) is 6.38. The van der Waals surface area contributed by atoms with Crippen molar-refractivity contribution in [3.8, 4) is 5.82 Å². The predicted octanol–water partition coefficient (Wildman–Crippen LogP) is 2.46. The van der Waals surface area contributed by atoms with E-state index in [1.165, 1.54) is 18.7 Å². The lowest BCUT2D eigenvalue weighted by Gasteiger charge is -2.24. The maximum absolute atomic E-state index is 14.4. The van der Waals surface area contributed by atoms with Crippen molar-refractivity contribution in [1.29, 1.82) is 0 Å². The van der Waals surface area contributed by atoms with Crippen molar-refractivity contribution in [3.05, 3.63) is 59.6 Å². The third kappa shape index (κ3) is 2.31. The lowest BCUT2D eigenvalue weighted by molar-refractivity contribution is -0.116. The minimum absolute atomic E-state index is 0.156. The Morgan fingerprint density at radius 3 is 2.93 bits per heavy atom. The highest BCUT2D eigenvalue weighted by Gasteiger charge is 2.34. The van der Waals surface area contributed by atoms with Gasteiger partial charge in [-0.1, -0.05) is 18.2 Å². The summed E-state index contributed by atoms with van der Waals surface area (Å²) in [6.45, 7) is 1.84. The normalized spacial score (nSPS) is 16.4. The SMILES string of the molecule is Cc1nn(-c2ncnc3nc[nH]c23)c2c1[C@H](c1ccccc1F)CC(=O)N2. The Labute approximate surface area is 152 Å². The molecule has 3 aromatic heterocycles. The number of halogens is 1. The van der Waals surface area contributed by atoms with Crippen LogP contribution in [-0.2, 0) is 4.79 Å². The zero-order valence-electron chi connectivity index (χ0n) is 14.3. The first-order valence-electron chi connectivity index (χ1n) is 8.41. The van der Waals surface area contributed by atoms with Crippen LogP contribution in [0, 0.1) is 12.7 Å². The smallest absolute Gasteiger partial charge is 0.226 e. The number of hydrogen-bond donors (Lipinski definition) is 2. The van der Waals surface area contributed by atoms with Gasteiger partial charge in [0.15, 0.2) is 11.5 Å². The van der Waals surface area contributed by atoms with E-state index in [0.29, 0.717) is 34.1 Å². The van der Waals surface area contributed by atoms with Crippen molar-refractivity contribution in [3.63, 3.8) is 0 Å². The second-order valence-corrected chi connectivity index (χ2v) is 6.38. The number of benzene rings is 1. The van der Waals surface area contributed by atoms with Gasteiger partial charge in [0.05, 0.1) is 12.0 Å². The zero-order valence-corrected chi connectivity index (χ0v) is 14.3. The van der Waals surface area contributed by atoms with Crippen molar-refractivity contribution in [2.45, 2.75) is 19.3 Å². The highest BCUT2D eigenvalue weighted by atomic mass is 19.1. The highest BCUT2D eigenvalue weighted by molar-refractivity contribution is 5.95. The maximum Gasteiger partial charge on any atom is 0.226 e. The third-order valence-corrected chi connectivity index (χ3v) is 4.79. The summed E-state index contributed by atoms with van der Waals surface area (Å²) in [6.07, 6.45) is 3.07. The summed E-state index contributed by atoms with van der Waals surface area (Å²) in [5, 5.41) is 7.44. The van der Waals surface area contributed by atoms with Crippen LogP contribution in [0.1, 0.15) is 29.2 Å². The molecule has 4 aromatic rings. The van der Waals surface area contributed by atoms with Crippen LogP contribution in [0.5, 0.6) is 0 Å². The van der Waals surface area contributed by atoms with Crippen LogP contribution in [0.15, 0.2) is 36.9 Å². The number of amides is 1. The van der Waals surface area contributed by atoms with Crippen molar-refractivity contribution < 1.29 is 9.18 Å². The number of aryl methyl sites for hydroxylation is 1. The molecule has 5 rings (SSSR count). The fourth-order valence-corrected chi connectivity index (χ4v) is 3.64. The molecule has 0 fully saturated rings. The number of H-pyrrole nitrogens is 1. The molecule has 27 heavy (non-hydrogen) atoms. The van der Waals surface area contributed by atoms with Crippen LogP contribution in [0.4, 0.5) is 10.2 Å². The van der Waals surface area contributed by atoms with E-state index in [1.807, 2.05) is 6.92 Å². The van der Waals surface area contributed by atoms with E-state index in [2.05, 4.69) is 30.4 Å². The van der Waals surface area contributed by atoms with E-state index in [9.17, 15) is 9.18 Å². The largest absolute Gasteiger partial charge is 0.340 e. The Morgan fingerprint density at radius 2 is 2.07 bits per heavy atom. The first kappa shape index (κ1) is 15.6. The van der Waals surface area contributed by atoms with Gasteiger partial charge in [-0.3, -0.25) is 4.79 Å². The molecule has 4 heterocycles. The molecule has 1 atom stereocenters. The summed E-state index contributed by atoms with van der Waals surface area (Å²) < 4.78 is 16.0. The maximum atomic E-state index is 14.4. The van der Waals surface area contributed by atoms with Crippen LogP contribution in [0.3, 0.4) is 0 Å². The van der Waals surface area contributed by atoms with Gasteiger partial charge in [0.2, 0.25) is 5.91 Å². The fraction of sp³-hybridized carbons (Fsp3) is 0.167. The summed E-state index contributed by atoms with van der Waals surface area (Å²) in [5.41, 5.74) is 3.06. The molecular formula is C18H14FN7O. The number of fused-ring (bicyclic) bond motifs is 2. The van der Waals surface area contributed by atoms with E-state index < -0.39 is 5.92 Å². The molecule has 0 spiro atoms. The Hall–Kier alpha value is -3.62. The fourth-order valence-electron chi connectivity index (χ4n) is 3.64. The Balaban J connectivity index is 1.75. The predicted molar refractivity (Wildman–Crippen MR) is 95.0 cm³/mol. The van der Waals surface area contributed by atoms with Crippen LogP contribution in [-0.4, -0.2) is 35.6 Å². The molecule has 1 amide bonds. The topological polar surface area (TPSA) is 101 Å². The lowest BCUT2D eigenvalue weighted by Crippen LogP contribution is -2.25. The number of carbonyl (C=O) groups is 1.